The minimum Gasteiger partial charge on any atom is -0.379 e. The molecule has 0 unspecified atom stereocenters. The summed E-state index contributed by atoms with van der Waals surface area (Å²) in [6, 6.07) is 0. The highest BCUT2D eigenvalue weighted by Gasteiger charge is 2.32. The van der Waals surface area contributed by atoms with Gasteiger partial charge in [-0.1, -0.05) is 5.11 Å². The Morgan fingerprint density at radius 1 is 1.24 bits per heavy atom. The lowest BCUT2D eigenvalue weighted by Gasteiger charge is -2.14. The minimum absolute atomic E-state index is 0.225. The zero-order chi connectivity index (χ0) is 12.8. The molecule has 17 heavy (non-hydrogen) atoms. The number of carbonyl (C=O) groups excluding carboxylic acids is 2. The second kappa shape index (κ2) is 6.03. The van der Waals surface area contributed by atoms with Gasteiger partial charge >= 0.3 is 0 Å². The summed E-state index contributed by atoms with van der Waals surface area (Å²) in [6.07, 6.45) is 0. The van der Waals surface area contributed by atoms with Gasteiger partial charge in [-0.3, -0.25) is 14.5 Å². The van der Waals surface area contributed by atoms with Crippen LogP contribution in [0.15, 0.2) is 16.3 Å². The molecule has 1 rings (SSSR count). The lowest BCUT2D eigenvalue weighted by molar-refractivity contribution is -0.138. The van der Waals surface area contributed by atoms with Crippen molar-refractivity contribution in [2.75, 3.05) is 26.3 Å². The maximum Gasteiger partial charge on any atom is 0.256 e. The number of carbonyl (C=O) groups is 2. The van der Waals surface area contributed by atoms with Crippen LogP contribution in [0.1, 0.15) is 13.8 Å². The molecule has 7 heteroatoms. The molecule has 0 aliphatic carbocycles. The fourth-order valence-electron chi connectivity index (χ4n) is 1.43. The fourth-order valence-corrected chi connectivity index (χ4v) is 1.43. The van der Waals surface area contributed by atoms with Gasteiger partial charge in [-0.2, -0.15) is 0 Å². The second-order valence-corrected chi connectivity index (χ2v) is 3.58. The van der Waals surface area contributed by atoms with Gasteiger partial charge in [0, 0.05) is 22.6 Å². The van der Waals surface area contributed by atoms with Crippen LogP contribution >= 0.6 is 0 Å². The van der Waals surface area contributed by atoms with Crippen LogP contribution in [0.2, 0.25) is 0 Å². The number of nitrogens with zero attached hydrogens (tertiary/aromatic N) is 4. The van der Waals surface area contributed by atoms with Gasteiger partial charge in [-0.25, -0.2) is 0 Å². The van der Waals surface area contributed by atoms with Gasteiger partial charge in [-0.05, 0) is 19.4 Å². The van der Waals surface area contributed by atoms with E-state index >= 15 is 0 Å². The van der Waals surface area contributed by atoms with E-state index in [-0.39, 0.29) is 38.1 Å². The third-order valence-electron chi connectivity index (χ3n) is 2.55. The van der Waals surface area contributed by atoms with Crippen LogP contribution in [0.25, 0.3) is 10.4 Å². The molecule has 0 aromatic heterocycles. The van der Waals surface area contributed by atoms with Gasteiger partial charge in [0.15, 0.2) is 0 Å². The Bertz CT molecular complexity index is 386. The maximum absolute atomic E-state index is 11.6. The molecule has 2 amide bonds. The van der Waals surface area contributed by atoms with Crippen LogP contribution < -0.4 is 0 Å². The molecule has 0 saturated heterocycles. The average molecular weight is 238 g/mol. The predicted molar refractivity (Wildman–Crippen MR) is 59.9 cm³/mol. The summed E-state index contributed by atoms with van der Waals surface area (Å²) in [6.45, 7) is 4.28. The lowest BCUT2D eigenvalue weighted by Crippen LogP contribution is -2.34. The number of hydrogen-bond acceptors (Lipinski definition) is 4. The van der Waals surface area contributed by atoms with E-state index in [0.29, 0.717) is 11.1 Å². The Labute approximate surface area is 98.7 Å². The highest BCUT2D eigenvalue weighted by Crippen LogP contribution is 2.18. The topological polar surface area (TPSA) is 95.4 Å². The summed E-state index contributed by atoms with van der Waals surface area (Å²) < 4.78 is 5.14. The van der Waals surface area contributed by atoms with Crippen LogP contribution in [0.4, 0.5) is 0 Å². The second-order valence-electron chi connectivity index (χ2n) is 3.58. The molecular weight excluding hydrogens is 224 g/mol. The molecule has 0 atom stereocenters. The molecule has 0 radical (unpaired) electrons. The Kier molecular flexibility index (Phi) is 4.68. The molecule has 1 heterocycles. The Morgan fingerprint density at radius 3 is 2.35 bits per heavy atom. The van der Waals surface area contributed by atoms with Crippen LogP contribution in [-0.2, 0) is 14.3 Å². The van der Waals surface area contributed by atoms with E-state index in [0.717, 1.165) is 4.90 Å². The summed E-state index contributed by atoms with van der Waals surface area (Å²) in [7, 11) is 0. The first-order chi connectivity index (χ1) is 8.09. The highest BCUT2D eigenvalue weighted by molar-refractivity contribution is 6.18. The Morgan fingerprint density at radius 2 is 1.82 bits per heavy atom. The zero-order valence-electron chi connectivity index (χ0n) is 9.84. The number of imide groups is 1. The first-order valence-corrected chi connectivity index (χ1v) is 5.22. The summed E-state index contributed by atoms with van der Waals surface area (Å²) in [5.74, 6) is -0.516. The summed E-state index contributed by atoms with van der Waals surface area (Å²) >= 11 is 0. The summed E-state index contributed by atoms with van der Waals surface area (Å²) in [5, 5.41) is 3.29. The molecule has 1 aliphatic rings. The van der Waals surface area contributed by atoms with Crippen LogP contribution in [0.3, 0.4) is 0 Å². The van der Waals surface area contributed by atoms with Crippen molar-refractivity contribution in [2.45, 2.75) is 13.8 Å². The minimum atomic E-state index is -0.258. The quantitative estimate of drug-likeness (QED) is 0.227. The lowest BCUT2D eigenvalue weighted by atomic mass is 10.2. The van der Waals surface area contributed by atoms with Gasteiger partial charge in [0.25, 0.3) is 11.8 Å². The van der Waals surface area contributed by atoms with Crippen molar-refractivity contribution in [3.63, 3.8) is 0 Å². The SMILES string of the molecule is CC1=C(C)C(=O)N(CCOCCN=[N+]=[N-])C1=O. The number of rotatable bonds is 6. The smallest absolute Gasteiger partial charge is 0.256 e. The van der Waals surface area contributed by atoms with Gasteiger partial charge < -0.3 is 4.74 Å². The molecule has 0 bridgehead atoms. The van der Waals surface area contributed by atoms with E-state index in [1.165, 1.54) is 0 Å². The van der Waals surface area contributed by atoms with Crippen molar-refractivity contribution >= 4 is 11.8 Å². The first-order valence-electron chi connectivity index (χ1n) is 5.22. The van der Waals surface area contributed by atoms with Crippen molar-refractivity contribution in [1.82, 2.24) is 4.90 Å². The standard InChI is InChI=1S/C10H14N4O3/c1-7-8(2)10(16)14(9(7)15)4-6-17-5-3-12-13-11/h3-6H2,1-2H3. The van der Waals surface area contributed by atoms with Gasteiger partial charge in [0.1, 0.15) is 0 Å². The molecule has 0 aromatic rings. The molecule has 1 aliphatic heterocycles. The number of hydrogen-bond donors (Lipinski definition) is 0. The average Bonchev–Trinajstić information content (AvgIpc) is 2.50. The van der Waals surface area contributed by atoms with Crippen molar-refractivity contribution in [1.29, 1.82) is 0 Å². The molecule has 0 N–H and O–H groups in total. The van der Waals surface area contributed by atoms with E-state index in [9.17, 15) is 9.59 Å². The summed E-state index contributed by atoms with van der Waals surface area (Å²) in [4.78, 5) is 27.0. The monoisotopic (exact) mass is 238 g/mol. The van der Waals surface area contributed by atoms with Gasteiger partial charge in [-0.15, -0.1) is 0 Å². The molecule has 0 saturated carbocycles. The van der Waals surface area contributed by atoms with Gasteiger partial charge in [0.2, 0.25) is 0 Å². The third-order valence-corrected chi connectivity index (χ3v) is 2.55. The van der Waals surface area contributed by atoms with Crippen molar-refractivity contribution in [2.24, 2.45) is 5.11 Å². The Balaban J connectivity index is 2.32. The molecular formula is C10H14N4O3. The maximum atomic E-state index is 11.6. The molecule has 92 valence electrons. The van der Waals surface area contributed by atoms with Crippen molar-refractivity contribution in [3.05, 3.63) is 21.6 Å². The zero-order valence-corrected chi connectivity index (χ0v) is 9.84. The predicted octanol–water partition coefficient (Wildman–Crippen LogP) is 1.02. The van der Waals surface area contributed by atoms with E-state index in [4.69, 9.17) is 10.3 Å². The van der Waals surface area contributed by atoms with E-state index in [1.807, 2.05) is 0 Å². The largest absolute Gasteiger partial charge is 0.379 e. The fraction of sp³-hybridized carbons (Fsp3) is 0.600. The van der Waals surface area contributed by atoms with E-state index in [2.05, 4.69) is 10.0 Å². The highest BCUT2D eigenvalue weighted by atomic mass is 16.5. The number of ether oxygens (including phenoxy) is 1. The third kappa shape index (κ3) is 3.05. The normalized spacial score (nSPS) is 15.5. The molecule has 0 fully saturated rings. The van der Waals surface area contributed by atoms with E-state index in [1.54, 1.807) is 13.8 Å². The van der Waals surface area contributed by atoms with Crippen LogP contribution in [-0.4, -0.2) is 43.0 Å². The number of amides is 2. The number of azide groups is 1. The van der Waals surface area contributed by atoms with Gasteiger partial charge in [0.05, 0.1) is 19.8 Å². The van der Waals surface area contributed by atoms with E-state index < -0.39 is 0 Å². The Hall–Kier alpha value is -1.85. The van der Waals surface area contributed by atoms with Crippen LogP contribution in [0.5, 0.6) is 0 Å². The first kappa shape index (κ1) is 13.2. The van der Waals surface area contributed by atoms with Crippen molar-refractivity contribution < 1.29 is 14.3 Å². The summed E-state index contributed by atoms with van der Waals surface area (Å²) in [5.41, 5.74) is 9.00. The molecule has 7 nitrogen and oxygen atoms in total. The van der Waals surface area contributed by atoms with Crippen molar-refractivity contribution in [3.8, 4) is 0 Å². The van der Waals surface area contributed by atoms with Crippen LogP contribution in [0, 0.1) is 0 Å². The molecule has 0 aromatic carbocycles. The molecule has 0 spiro atoms.